The van der Waals surface area contributed by atoms with E-state index in [1.807, 2.05) is 0 Å². The van der Waals surface area contributed by atoms with Gasteiger partial charge in [0.15, 0.2) is 6.10 Å². The maximum atomic E-state index is 12.9. The fourth-order valence-electron chi connectivity index (χ4n) is 9.67. The average Bonchev–Trinajstić information content (AvgIpc) is 3.46. The maximum Gasteiger partial charge on any atom is 0.306 e. The van der Waals surface area contributed by atoms with Crippen molar-refractivity contribution in [2.45, 2.75) is 341 Å². The number of carbonyl (C=O) groups is 3. The minimum absolute atomic E-state index is 0.0805. The monoisotopic (exact) mass is 1110 g/mol. The molecule has 80 heavy (non-hydrogen) atoms. The Bertz CT molecular complexity index is 1560. The first-order chi connectivity index (χ1) is 39.5. The summed E-state index contributed by atoms with van der Waals surface area (Å²) in [6.45, 7) is 6.53. The van der Waals surface area contributed by atoms with Gasteiger partial charge in [-0.15, -0.1) is 0 Å². The second-order valence-electron chi connectivity index (χ2n) is 22.7. The third-order valence-corrected chi connectivity index (χ3v) is 14.8. The van der Waals surface area contributed by atoms with E-state index in [1.165, 1.54) is 193 Å². The fourth-order valence-corrected chi connectivity index (χ4v) is 9.67. The van der Waals surface area contributed by atoms with Crippen molar-refractivity contribution in [1.82, 2.24) is 0 Å². The highest BCUT2D eigenvalue weighted by atomic mass is 16.6. The van der Waals surface area contributed by atoms with Crippen LogP contribution in [0.15, 0.2) is 97.2 Å². The zero-order chi connectivity index (χ0) is 57.8. The first-order valence-electron chi connectivity index (χ1n) is 34.2. The van der Waals surface area contributed by atoms with Gasteiger partial charge in [0, 0.05) is 19.3 Å². The van der Waals surface area contributed by atoms with Gasteiger partial charge in [-0.25, -0.2) is 0 Å². The molecule has 6 nitrogen and oxygen atoms in total. The SMILES string of the molecule is CC/C=C\C/C=C\C/C=C\C/C=C\C/C=C\C/C=C\CCCCCCCCCCCCCCC(=O)OCC(COC(=O)CCCCCCC/C=C\CCCCCC)OC(=O)CCCCCCCCC/C=C\CCCCCCCCC. The van der Waals surface area contributed by atoms with Crippen LogP contribution in [0, 0.1) is 0 Å². The summed E-state index contributed by atoms with van der Waals surface area (Å²) >= 11 is 0. The van der Waals surface area contributed by atoms with Crippen molar-refractivity contribution in [2.24, 2.45) is 0 Å². The van der Waals surface area contributed by atoms with Crippen molar-refractivity contribution < 1.29 is 28.6 Å². The lowest BCUT2D eigenvalue weighted by Crippen LogP contribution is -2.30. The van der Waals surface area contributed by atoms with Gasteiger partial charge in [-0.2, -0.15) is 0 Å². The summed E-state index contributed by atoms with van der Waals surface area (Å²) < 4.78 is 16.9. The Morgan fingerprint density at radius 2 is 0.487 bits per heavy atom. The van der Waals surface area contributed by atoms with Crippen molar-refractivity contribution >= 4 is 17.9 Å². The molecule has 0 aromatic heterocycles. The van der Waals surface area contributed by atoms with Crippen LogP contribution in [-0.4, -0.2) is 37.2 Å². The number of allylic oxidation sites excluding steroid dienone is 16. The Morgan fingerprint density at radius 1 is 0.263 bits per heavy atom. The minimum atomic E-state index is -0.784. The van der Waals surface area contributed by atoms with Gasteiger partial charge >= 0.3 is 17.9 Å². The topological polar surface area (TPSA) is 78.9 Å². The molecule has 1 unspecified atom stereocenters. The second kappa shape index (κ2) is 67.8. The number of ether oxygens (including phenoxy) is 3. The number of hydrogen-bond donors (Lipinski definition) is 0. The predicted octanol–water partition coefficient (Wildman–Crippen LogP) is 23.6. The summed E-state index contributed by atoms with van der Waals surface area (Å²) in [5.41, 5.74) is 0. The van der Waals surface area contributed by atoms with Crippen LogP contribution in [-0.2, 0) is 28.6 Å². The Balaban J connectivity index is 4.25. The Kier molecular flexibility index (Phi) is 64.7. The molecular weight excluding hydrogens is 985 g/mol. The number of esters is 3. The highest BCUT2D eigenvalue weighted by Crippen LogP contribution is 2.16. The zero-order valence-electron chi connectivity index (χ0n) is 52.8. The normalized spacial score (nSPS) is 12.7. The third-order valence-electron chi connectivity index (χ3n) is 14.8. The molecule has 1 atom stereocenters. The van der Waals surface area contributed by atoms with E-state index < -0.39 is 6.10 Å². The Labute approximate surface area is 496 Å². The summed E-state index contributed by atoms with van der Waals surface area (Å²) in [4.78, 5) is 38.4. The molecule has 0 saturated carbocycles. The van der Waals surface area contributed by atoms with Crippen molar-refractivity contribution in [3.8, 4) is 0 Å². The molecule has 0 amide bonds. The van der Waals surface area contributed by atoms with E-state index in [0.29, 0.717) is 19.3 Å². The van der Waals surface area contributed by atoms with Crippen LogP contribution in [0.3, 0.4) is 0 Å². The summed E-state index contributed by atoms with van der Waals surface area (Å²) in [7, 11) is 0. The molecule has 0 bridgehead atoms. The van der Waals surface area contributed by atoms with E-state index in [1.54, 1.807) is 0 Å². The maximum absolute atomic E-state index is 12.9. The Hall–Kier alpha value is -3.67. The molecule has 0 heterocycles. The molecule has 0 fully saturated rings. The number of carbonyl (C=O) groups excluding carboxylic acids is 3. The van der Waals surface area contributed by atoms with Gasteiger partial charge in [0.2, 0.25) is 0 Å². The molecule has 0 aliphatic rings. The van der Waals surface area contributed by atoms with Crippen LogP contribution in [0.2, 0.25) is 0 Å². The van der Waals surface area contributed by atoms with Gasteiger partial charge in [0.25, 0.3) is 0 Å². The van der Waals surface area contributed by atoms with Crippen molar-refractivity contribution in [3.05, 3.63) is 97.2 Å². The molecule has 0 rings (SSSR count). The molecule has 0 aromatic rings. The van der Waals surface area contributed by atoms with Gasteiger partial charge in [-0.05, 0) is 122 Å². The lowest BCUT2D eigenvalue weighted by Gasteiger charge is -2.18. The summed E-state index contributed by atoms with van der Waals surface area (Å²) in [6.07, 6.45) is 91.4. The van der Waals surface area contributed by atoms with Crippen molar-refractivity contribution in [3.63, 3.8) is 0 Å². The second-order valence-corrected chi connectivity index (χ2v) is 22.7. The highest BCUT2D eigenvalue weighted by Gasteiger charge is 2.19. The van der Waals surface area contributed by atoms with Crippen LogP contribution in [0.1, 0.15) is 335 Å². The van der Waals surface area contributed by atoms with E-state index in [2.05, 4.69) is 118 Å². The molecule has 6 heteroatoms. The molecule has 0 aromatic carbocycles. The predicted molar refractivity (Wildman–Crippen MR) is 348 cm³/mol. The molecule has 0 radical (unpaired) electrons. The van der Waals surface area contributed by atoms with Gasteiger partial charge in [0.05, 0.1) is 0 Å². The molecule has 0 aliphatic carbocycles. The minimum Gasteiger partial charge on any atom is -0.462 e. The number of hydrogen-bond acceptors (Lipinski definition) is 6. The zero-order valence-corrected chi connectivity index (χ0v) is 52.8. The van der Waals surface area contributed by atoms with Crippen LogP contribution < -0.4 is 0 Å². The Morgan fingerprint density at radius 3 is 0.787 bits per heavy atom. The molecule has 0 spiro atoms. The molecular formula is C74H128O6. The largest absolute Gasteiger partial charge is 0.462 e. The van der Waals surface area contributed by atoms with Crippen molar-refractivity contribution in [1.29, 1.82) is 0 Å². The molecule has 460 valence electrons. The van der Waals surface area contributed by atoms with Crippen LogP contribution in [0.5, 0.6) is 0 Å². The first-order valence-corrected chi connectivity index (χ1v) is 34.2. The standard InChI is InChI=1S/C74H128O6/c1-4-7-10-13-16-19-22-25-27-29-31-32-33-34-35-36-37-38-39-40-41-42-43-45-46-49-52-55-58-61-64-67-73(76)79-70-71(69-78-72(75)66-63-60-57-54-51-48-24-21-18-15-12-9-6-3)80-74(77)68-65-62-59-56-53-50-47-44-30-28-26-23-20-17-14-11-8-5-2/h7,10,16,19,21,24-25,27-28,30-32,34-35,37-38,71H,4-6,8-9,11-15,17-18,20,22-23,26,29,33,36,39-70H2,1-3H3/b10-7-,19-16-,24-21-,27-25-,30-28-,32-31-,35-34-,38-37-. The molecule has 0 aliphatic heterocycles. The van der Waals surface area contributed by atoms with Gasteiger partial charge in [-0.1, -0.05) is 291 Å². The van der Waals surface area contributed by atoms with Gasteiger partial charge < -0.3 is 14.2 Å². The van der Waals surface area contributed by atoms with Crippen LogP contribution in [0.25, 0.3) is 0 Å². The fraction of sp³-hybridized carbons (Fsp3) is 0.743. The quantitative estimate of drug-likeness (QED) is 0.0261. The molecule has 0 N–H and O–H groups in total. The summed E-state index contributed by atoms with van der Waals surface area (Å²) in [5.74, 6) is -0.882. The summed E-state index contributed by atoms with van der Waals surface area (Å²) in [6, 6.07) is 0. The highest BCUT2D eigenvalue weighted by molar-refractivity contribution is 5.71. The van der Waals surface area contributed by atoms with Crippen molar-refractivity contribution in [2.75, 3.05) is 13.2 Å². The van der Waals surface area contributed by atoms with E-state index in [4.69, 9.17) is 14.2 Å². The van der Waals surface area contributed by atoms with E-state index in [-0.39, 0.29) is 31.1 Å². The smallest absolute Gasteiger partial charge is 0.306 e. The number of rotatable bonds is 62. The van der Waals surface area contributed by atoms with Crippen LogP contribution in [0.4, 0.5) is 0 Å². The third kappa shape index (κ3) is 65.1. The average molecular weight is 1110 g/mol. The lowest BCUT2D eigenvalue weighted by molar-refractivity contribution is -0.167. The van der Waals surface area contributed by atoms with Gasteiger partial charge in [0.1, 0.15) is 13.2 Å². The van der Waals surface area contributed by atoms with E-state index in [0.717, 1.165) is 103 Å². The lowest BCUT2D eigenvalue weighted by atomic mass is 10.0. The van der Waals surface area contributed by atoms with Gasteiger partial charge in [-0.3, -0.25) is 14.4 Å². The first kappa shape index (κ1) is 76.3. The van der Waals surface area contributed by atoms with E-state index in [9.17, 15) is 14.4 Å². The summed E-state index contributed by atoms with van der Waals surface area (Å²) in [5, 5.41) is 0. The van der Waals surface area contributed by atoms with E-state index >= 15 is 0 Å². The van der Waals surface area contributed by atoms with Crippen LogP contribution >= 0.6 is 0 Å². The number of unbranched alkanes of at least 4 members (excludes halogenated alkanes) is 35. The molecule has 0 saturated heterocycles.